The van der Waals surface area contributed by atoms with E-state index in [1.807, 2.05) is 0 Å². The van der Waals surface area contributed by atoms with Crippen molar-refractivity contribution >= 4 is 33.4 Å². The maximum absolute atomic E-state index is 10.7. The van der Waals surface area contributed by atoms with Crippen LogP contribution in [0.25, 0.3) is 0 Å². The van der Waals surface area contributed by atoms with Gasteiger partial charge in [-0.05, 0) is 27.5 Å². The molecule has 0 saturated carbocycles. The van der Waals surface area contributed by atoms with Crippen LogP contribution >= 0.6 is 27.5 Å². The molecule has 1 aromatic rings. The first kappa shape index (κ1) is 7.62. The van der Waals surface area contributed by atoms with E-state index in [1.165, 1.54) is 7.11 Å². The minimum atomic E-state index is -0.472. The Kier molecular flexibility index (Phi) is 2.34. The van der Waals surface area contributed by atoms with E-state index >= 15 is 0 Å². The van der Waals surface area contributed by atoms with Crippen molar-refractivity contribution in [1.29, 1.82) is 0 Å². The van der Waals surface area contributed by atoms with Crippen molar-refractivity contribution in [2.45, 2.75) is 0 Å². The van der Waals surface area contributed by atoms with Crippen LogP contribution in [0.15, 0.2) is 3.79 Å². The van der Waals surface area contributed by atoms with E-state index < -0.39 is 5.97 Å². The number of aromatic nitrogens is 2. The second kappa shape index (κ2) is 3.07. The summed E-state index contributed by atoms with van der Waals surface area (Å²) < 4.78 is 8.54. The number of rotatable bonds is 1. The number of methoxy groups -OCH3 is 1. The molecule has 54 valence electrons. The molecule has 0 atom stereocenters. The zero-order valence-electron chi connectivity index (χ0n) is 5.00. The number of nitrogens with zero attached hydrogens (tertiary/aromatic N) is 2. The molecule has 0 spiro atoms. The maximum atomic E-state index is 10.7. The minimum Gasteiger partial charge on any atom is -0.464 e. The number of carbonyl (C=O) groups excluding carboxylic acids is 1. The largest absolute Gasteiger partial charge is 0.464 e. The first-order chi connectivity index (χ1) is 4.75. The van der Waals surface area contributed by atoms with Crippen LogP contribution in [0.1, 0.15) is 10.5 Å². The summed E-state index contributed by atoms with van der Waals surface area (Å²) in [6.45, 7) is 0. The van der Waals surface area contributed by atoms with Crippen molar-refractivity contribution in [3.8, 4) is 0 Å². The molecule has 0 aliphatic heterocycles. The van der Waals surface area contributed by atoms with Gasteiger partial charge in [-0.2, -0.15) is 0 Å². The van der Waals surface area contributed by atoms with Crippen LogP contribution in [0.2, 0.25) is 0 Å². The lowest BCUT2D eigenvalue weighted by atomic mass is 10.5. The fraction of sp³-hybridized carbons (Fsp3) is 0.250. The summed E-state index contributed by atoms with van der Waals surface area (Å²) in [4.78, 5) is 10.7. The molecule has 0 saturated heterocycles. The van der Waals surface area contributed by atoms with Gasteiger partial charge < -0.3 is 4.74 Å². The molecular weight excluding hydrogens is 220 g/mol. The van der Waals surface area contributed by atoms with E-state index in [4.69, 9.17) is 0 Å². The molecular formula is C4H3BrN2O2S. The van der Waals surface area contributed by atoms with Gasteiger partial charge in [0.2, 0.25) is 0 Å². The van der Waals surface area contributed by atoms with Gasteiger partial charge in [-0.25, -0.2) is 4.79 Å². The molecule has 10 heavy (non-hydrogen) atoms. The lowest BCUT2D eigenvalue weighted by molar-refractivity contribution is 0.0593. The fourth-order valence-electron chi connectivity index (χ4n) is 0.397. The van der Waals surface area contributed by atoms with Gasteiger partial charge in [0.05, 0.1) is 7.11 Å². The number of halogens is 1. The number of esters is 1. The van der Waals surface area contributed by atoms with Crippen LogP contribution in [-0.4, -0.2) is 22.7 Å². The van der Waals surface area contributed by atoms with Crippen molar-refractivity contribution in [3.63, 3.8) is 0 Å². The van der Waals surface area contributed by atoms with Crippen LogP contribution in [0.4, 0.5) is 0 Å². The number of hydrogen-bond donors (Lipinski definition) is 0. The summed E-state index contributed by atoms with van der Waals surface area (Å²) in [5.74, 6) is -0.472. The molecule has 0 radical (unpaired) electrons. The van der Waals surface area contributed by atoms with Crippen molar-refractivity contribution in [3.05, 3.63) is 9.48 Å². The summed E-state index contributed by atoms with van der Waals surface area (Å²) in [5, 5.41) is 3.53. The van der Waals surface area contributed by atoms with Crippen molar-refractivity contribution in [2.24, 2.45) is 0 Å². The van der Waals surface area contributed by atoms with E-state index in [9.17, 15) is 4.79 Å². The van der Waals surface area contributed by atoms with Gasteiger partial charge in [0.25, 0.3) is 0 Å². The fourth-order valence-corrected chi connectivity index (χ4v) is 1.24. The third-order valence-corrected chi connectivity index (χ3v) is 2.15. The van der Waals surface area contributed by atoms with E-state index in [0.29, 0.717) is 3.79 Å². The molecule has 0 aliphatic rings. The highest BCUT2D eigenvalue weighted by molar-refractivity contribution is 9.11. The smallest absolute Gasteiger partial charge is 0.360 e. The van der Waals surface area contributed by atoms with Gasteiger partial charge in [0.1, 0.15) is 3.79 Å². The molecule has 0 fully saturated rings. The molecule has 1 aromatic heterocycles. The lowest BCUT2D eigenvalue weighted by Crippen LogP contribution is -2.01. The molecule has 1 heterocycles. The molecule has 0 aromatic carbocycles. The van der Waals surface area contributed by atoms with Crippen LogP contribution in [0.3, 0.4) is 0 Å². The van der Waals surface area contributed by atoms with Crippen LogP contribution in [0.5, 0.6) is 0 Å². The van der Waals surface area contributed by atoms with Gasteiger partial charge in [0, 0.05) is 0 Å². The number of hydrogen-bond acceptors (Lipinski definition) is 5. The van der Waals surface area contributed by atoms with Gasteiger partial charge >= 0.3 is 5.97 Å². The van der Waals surface area contributed by atoms with Crippen LogP contribution in [0, 0.1) is 0 Å². The Morgan fingerprint density at radius 2 is 2.50 bits per heavy atom. The standard InChI is InChI=1S/C4H3BrN2O2S/c1-9-4(8)2-3(5)10-7-6-2/h1H3. The van der Waals surface area contributed by atoms with Crippen LogP contribution in [-0.2, 0) is 4.74 Å². The van der Waals surface area contributed by atoms with Gasteiger partial charge in [-0.3, -0.25) is 0 Å². The first-order valence-electron chi connectivity index (χ1n) is 2.32. The molecule has 4 nitrogen and oxygen atoms in total. The highest BCUT2D eigenvalue weighted by Crippen LogP contribution is 2.18. The highest BCUT2D eigenvalue weighted by Gasteiger charge is 2.13. The molecule has 0 N–H and O–H groups in total. The summed E-state index contributed by atoms with van der Waals surface area (Å²) in [5.41, 5.74) is 0.229. The predicted molar refractivity (Wildman–Crippen MR) is 38.9 cm³/mol. The average molecular weight is 223 g/mol. The van der Waals surface area contributed by atoms with Crippen molar-refractivity contribution in [1.82, 2.24) is 9.59 Å². The summed E-state index contributed by atoms with van der Waals surface area (Å²) in [6, 6.07) is 0. The SMILES string of the molecule is COC(=O)c1nnsc1Br. The van der Waals surface area contributed by atoms with Crippen LogP contribution < -0.4 is 0 Å². The Bertz CT molecular complexity index is 249. The van der Waals surface area contributed by atoms with E-state index in [-0.39, 0.29) is 5.69 Å². The Morgan fingerprint density at radius 1 is 1.80 bits per heavy atom. The van der Waals surface area contributed by atoms with E-state index in [0.717, 1.165) is 11.5 Å². The van der Waals surface area contributed by atoms with Crippen molar-refractivity contribution < 1.29 is 9.53 Å². The van der Waals surface area contributed by atoms with Gasteiger partial charge in [-0.1, -0.05) is 4.49 Å². The zero-order valence-corrected chi connectivity index (χ0v) is 7.40. The predicted octanol–water partition coefficient (Wildman–Crippen LogP) is 1.09. The second-order valence-corrected chi connectivity index (χ2v) is 3.46. The summed E-state index contributed by atoms with van der Waals surface area (Å²) in [6.07, 6.45) is 0. The van der Waals surface area contributed by atoms with Gasteiger partial charge in [-0.15, -0.1) is 5.10 Å². The highest BCUT2D eigenvalue weighted by atomic mass is 79.9. The van der Waals surface area contributed by atoms with Crippen molar-refractivity contribution in [2.75, 3.05) is 7.11 Å². The Hall–Kier alpha value is -0.490. The maximum Gasteiger partial charge on any atom is 0.360 e. The third-order valence-electron chi connectivity index (χ3n) is 0.827. The Labute approximate surface area is 69.5 Å². The first-order valence-corrected chi connectivity index (χ1v) is 3.88. The molecule has 0 unspecified atom stereocenters. The molecule has 1 rings (SSSR count). The quantitative estimate of drug-likeness (QED) is 0.668. The zero-order chi connectivity index (χ0) is 7.56. The number of carbonyl (C=O) groups is 1. The minimum absolute atomic E-state index is 0.229. The van der Waals surface area contributed by atoms with E-state index in [1.54, 1.807) is 0 Å². The molecule has 6 heteroatoms. The summed E-state index contributed by atoms with van der Waals surface area (Å²) >= 11 is 4.20. The molecule has 0 bridgehead atoms. The average Bonchev–Trinajstić information content (AvgIpc) is 2.34. The Balaban J connectivity index is 2.93. The monoisotopic (exact) mass is 222 g/mol. The van der Waals surface area contributed by atoms with Gasteiger partial charge in [0.15, 0.2) is 5.69 Å². The third kappa shape index (κ3) is 1.32. The topological polar surface area (TPSA) is 52.1 Å². The summed E-state index contributed by atoms with van der Waals surface area (Å²) in [7, 11) is 1.30. The normalized spacial score (nSPS) is 9.40. The lowest BCUT2D eigenvalue weighted by Gasteiger charge is -1.90. The molecule has 0 aliphatic carbocycles. The molecule has 0 amide bonds. The second-order valence-electron chi connectivity index (χ2n) is 1.39. The van der Waals surface area contributed by atoms with E-state index in [2.05, 4.69) is 30.3 Å². The number of ether oxygens (including phenoxy) is 1. The Morgan fingerprint density at radius 3 is 2.90 bits per heavy atom.